The van der Waals surface area contributed by atoms with Crippen molar-refractivity contribution in [3.05, 3.63) is 29.0 Å². The first kappa shape index (κ1) is 12.6. The summed E-state index contributed by atoms with van der Waals surface area (Å²) in [5, 5.41) is 0.267. The molecule has 3 nitrogen and oxygen atoms in total. The molecule has 1 saturated heterocycles. The molecule has 0 amide bonds. The van der Waals surface area contributed by atoms with E-state index in [0.717, 1.165) is 0 Å². The third-order valence-corrected chi connectivity index (χ3v) is 2.90. The second kappa shape index (κ2) is 5.21. The summed E-state index contributed by atoms with van der Waals surface area (Å²) in [4.78, 5) is 0. The highest BCUT2D eigenvalue weighted by molar-refractivity contribution is 6.32. The molecule has 1 heterocycles. The Hall–Kier alpha value is -0.840. The van der Waals surface area contributed by atoms with E-state index in [-0.39, 0.29) is 10.8 Å². The molecule has 17 heavy (non-hydrogen) atoms. The van der Waals surface area contributed by atoms with E-state index < -0.39 is 5.79 Å². The zero-order chi connectivity index (χ0) is 12.3. The molecule has 0 unspecified atom stereocenters. The minimum Gasteiger partial charge on any atom is -0.492 e. The van der Waals surface area contributed by atoms with Crippen LogP contribution < -0.4 is 4.74 Å². The largest absolute Gasteiger partial charge is 0.492 e. The average molecular weight is 261 g/mol. The van der Waals surface area contributed by atoms with E-state index in [2.05, 4.69) is 0 Å². The molecule has 0 bridgehead atoms. The van der Waals surface area contributed by atoms with Crippen molar-refractivity contribution in [2.45, 2.75) is 19.1 Å². The van der Waals surface area contributed by atoms with Gasteiger partial charge in [0.25, 0.3) is 0 Å². The van der Waals surface area contributed by atoms with Crippen LogP contribution in [0.5, 0.6) is 5.75 Å². The highest BCUT2D eigenvalue weighted by Gasteiger charge is 2.30. The molecular formula is C12H14ClFO3. The Balaban J connectivity index is 1.85. The Morgan fingerprint density at radius 2 is 2.12 bits per heavy atom. The van der Waals surface area contributed by atoms with Crippen LogP contribution in [0.4, 0.5) is 4.39 Å². The SMILES string of the molecule is CC1(CCOc2ccc(F)cc2Cl)OCCO1. The average Bonchev–Trinajstić information content (AvgIpc) is 2.69. The van der Waals surface area contributed by atoms with Gasteiger partial charge in [0.2, 0.25) is 0 Å². The van der Waals surface area contributed by atoms with E-state index >= 15 is 0 Å². The molecule has 1 fully saturated rings. The van der Waals surface area contributed by atoms with Gasteiger partial charge in [0.05, 0.1) is 24.8 Å². The summed E-state index contributed by atoms with van der Waals surface area (Å²) in [5.41, 5.74) is 0. The summed E-state index contributed by atoms with van der Waals surface area (Å²) in [6, 6.07) is 4.04. The Labute approximate surface area is 104 Å². The fourth-order valence-electron chi connectivity index (χ4n) is 1.64. The molecule has 1 aliphatic heterocycles. The first-order valence-corrected chi connectivity index (χ1v) is 5.83. The van der Waals surface area contributed by atoms with Crippen LogP contribution in [-0.4, -0.2) is 25.6 Å². The lowest BCUT2D eigenvalue weighted by Crippen LogP contribution is -2.27. The molecule has 0 saturated carbocycles. The molecule has 94 valence electrons. The Morgan fingerprint density at radius 3 is 2.76 bits per heavy atom. The molecule has 0 radical (unpaired) electrons. The second-order valence-electron chi connectivity index (χ2n) is 4.00. The van der Waals surface area contributed by atoms with Gasteiger partial charge < -0.3 is 14.2 Å². The number of halogens is 2. The minimum atomic E-state index is -0.577. The summed E-state index contributed by atoms with van der Waals surface area (Å²) < 4.78 is 29.1. The molecule has 1 aromatic rings. The number of hydrogen-bond acceptors (Lipinski definition) is 3. The van der Waals surface area contributed by atoms with E-state index in [9.17, 15) is 4.39 Å². The maximum atomic E-state index is 12.8. The zero-order valence-electron chi connectivity index (χ0n) is 9.54. The van der Waals surface area contributed by atoms with E-state index in [4.69, 9.17) is 25.8 Å². The van der Waals surface area contributed by atoms with Gasteiger partial charge in [0, 0.05) is 6.42 Å². The van der Waals surface area contributed by atoms with Crippen LogP contribution in [0.1, 0.15) is 13.3 Å². The van der Waals surface area contributed by atoms with Crippen molar-refractivity contribution < 1.29 is 18.6 Å². The lowest BCUT2D eigenvalue weighted by atomic mass is 10.2. The monoisotopic (exact) mass is 260 g/mol. The Kier molecular flexibility index (Phi) is 3.86. The predicted octanol–water partition coefficient (Wildman–Crippen LogP) is 3.01. The molecule has 5 heteroatoms. The highest BCUT2D eigenvalue weighted by atomic mass is 35.5. The van der Waals surface area contributed by atoms with Crippen molar-refractivity contribution >= 4 is 11.6 Å². The van der Waals surface area contributed by atoms with Gasteiger partial charge in [-0.2, -0.15) is 0 Å². The highest BCUT2D eigenvalue weighted by Crippen LogP contribution is 2.27. The van der Waals surface area contributed by atoms with Crippen LogP contribution in [0.15, 0.2) is 18.2 Å². The van der Waals surface area contributed by atoms with Crippen molar-refractivity contribution in [2.75, 3.05) is 19.8 Å². The Bertz CT molecular complexity index is 391. The van der Waals surface area contributed by atoms with Crippen molar-refractivity contribution in [3.8, 4) is 5.75 Å². The van der Waals surface area contributed by atoms with Crippen LogP contribution >= 0.6 is 11.6 Å². The summed E-state index contributed by atoms with van der Waals surface area (Å²) in [5.74, 6) is -0.488. The van der Waals surface area contributed by atoms with Crippen molar-refractivity contribution in [1.82, 2.24) is 0 Å². The van der Waals surface area contributed by atoms with Gasteiger partial charge in [-0.1, -0.05) is 11.6 Å². The van der Waals surface area contributed by atoms with E-state index in [1.54, 1.807) is 0 Å². The molecular weight excluding hydrogens is 247 g/mol. The van der Waals surface area contributed by atoms with Gasteiger partial charge >= 0.3 is 0 Å². The van der Waals surface area contributed by atoms with Gasteiger partial charge in [-0.3, -0.25) is 0 Å². The van der Waals surface area contributed by atoms with Gasteiger partial charge in [-0.25, -0.2) is 4.39 Å². The lowest BCUT2D eigenvalue weighted by molar-refractivity contribution is -0.150. The zero-order valence-corrected chi connectivity index (χ0v) is 10.3. The topological polar surface area (TPSA) is 27.7 Å². The molecule has 2 rings (SSSR count). The van der Waals surface area contributed by atoms with Crippen molar-refractivity contribution in [3.63, 3.8) is 0 Å². The van der Waals surface area contributed by atoms with Gasteiger partial charge in [-0.15, -0.1) is 0 Å². The number of benzene rings is 1. The molecule has 1 aromatic carbocycles. The first-order valence-electron chi connectivity index (χ1n) is 5.45. The third-order valence-electron chi connectivity index (χ3n) is 2.61. The summed E-state index contributed by atoms with van der Waals surface area (Å²) >= 11 is 5.83. The molecule has 1 aliphatic rings. The van der Waals surface area contributed by atoms with Crippen LogP contribution in [0.25, 0.3) is 0 Å². The maximum Gasteiger partial charge on any atom is 0.168 e. The van der Waals surface area contributed by atoms with Crippen LogP contribution in [-0.2, 0) is 9.47 Å². The predicted molar refractivity (Wildman–Crippen MR) is 61.8 cm³/mol. The minimum absolute atomic E-state index is 0.267. The number of hydrogen-bond donors (Lipinski definition) is 0. The van der Waals surface area contributed by atoms with Gasteiger partial charge in [0.15, 0.2) is 5.79 Å². The van der Waals surface area contributed by atoms with E-state index in [1.807, 2.05) is 6.92 Å². The molecule has 0 atom stereocenters. The smallest absolute Gasteiger partial charge is 0.168 e. The summed E-state index contributed by atoms with van der Waals surface area (Å²) in [6.07, 6.45) is 0.598. The number of rotatable bonds is 4. The summed E-state index contributed by atoms with van der Waals surface area (Å²) in [7, 11) is 0. The van der Waals surface area contributed by atoms with E-state index in [0.29, 0.717) is 32.0 Å². The number of ether oxygens (including phenoxy) is 3. The fourth-order valence-corrected chi connectivity index (χ4v) is 1.86. The quantitative estimate of drug-likeness (QED) is 0.833. The molecule has 0 aliphatic carbocycles. The molecule has 0 aromatic heterocycles. The molecule has 0 spiro atoms. The van der Waals surface area contributed by atoms with E-state index in [1.165, 1.54) is 18.2 Å². The van der Waals surface area contributed by atoms with Gasteiger partial charge in [-0.05, 0) is 25.1 Å². The normalized spacial score (nSPS) is 18.3. The third kappa shape index (κ3) is 3.31. The molecule has 0 N–H and O–H groups in total. The maximum absolute atomic E-state index is 12.8. The first-order chi connectivity index (χ1) is 8.09. The fraction of sp³-hybridized carbons (Fsp3) is 0.500. The van der Waals surface area contributed by atoms with Crippen molar-refractivity contribution in [1.29, 1.82) is 0 Å². The lowest BCUT2D eigenvalue weighted by Gasteiger charge is -2.22. The second-order valence-corrected chi connectivity index (χ2v) is 4.41. The standard InChI is InChI=1S/C12H14ClFO3/c1-12(16-6-7-17-12)4-5-15-11-3-2-9(14)8-10(11)13/h2-3,8H,4-7H2,1H3. The summed E-state index contributed by atoms with van der Waals surface area (Å²) in [6.45, 7) is 3.49. The van der Waals surface area contributed by atoms with Crippen LogP contribution in [0.2, 0.25) is 5.02 Å². The van der Waals surface area contributed by atoms with Crippen molar-refractivity contribution in [2.24, 2.45) is 0 Å². The Morgan fingerprint density at radius 1 is 1.41 bits per heavy atom. The van der Waals surface area contributed by atoms with Crippen LogP contribution in [0, 0.1) is 5.82 Å². The van der Waals surface area contributed by atoms with Gasteiger partial charge in [0.1, 0.15) is 11.6 Å². The van der Waals surface area contributed by atoms with Crippen LogP contribution in [0.3, 0.4) is 0 Å².